The van der Waals surface area contributed by atoms with Crippen molar-refractivity contribution >= 4 is 28.6 Å². The topological polar surface area (TPSA) is 66.0 Å². The molecular weight excluding hydrogens is 192 g/mol. The molecule has 0 aliphatic heterocycles. The fraction of sp³-hybridized carbons (Fsp3) is 0. The van der Waals surface area contributed by atoms with E-state index in [0.29, 0.717) is 11.0 Å². The van der Waals surface area contributed by atoms with Crippen LogP contribution in [0.2, 0.25) is 5.15 Å². The molecule has 0 saturated carbocycles. The molecule has 2 aromatic rings. The number of aromatic amines is 1. The van der Waals surface area contributed by atoms with Crippen molar-refractivity contribution in [1.29, 1.82) is 0 Å². The maximum absolute atomic E-state index is 10.8. The third-order valence-electron chi connectivity index (χ3n) is 1.73. The standard InChI is InChI=1S/C8H5ClN2O2/c9-6-3-5(8(12)13)4-1-2-10-7(4)11-6/h1-3H,(H,10,11)(H,12,13). The van der Waals surface area contributed by atoms with E-state index in [2.05, 4.69) is 9.97 Å². The molecule has 0 bridgehead atoms. The third kappa shape index (κ3) is 1.25. The molecule has 0 aliphatic rings. The number of pyridine rings is 1. The summed E-state index contributed by atoms with van der Waals surface area (Å²) in [6, 6.07) is 2.99. The van der Waals surface area contributed by atoms with Crippen LogP contribution in [0, 0.1) is 0 Å². The van der Waals surface area contributed by atoms with E-state index in [1.165, 1.54) is 6.07 Å². The molecule has 0 fully saturated rings. The molecule has 0 saturated heterocycles. The first-order valence-electron chi connectivity index (χ1n) is 3.55. The number of hydrogen-bond acceptors (Lipinski definition) is 2. The van der Waals surface area contributed by atoms with Crippen LogP contribution in [-0.2, 0) is 0 Å². The highest BCUT2D eigenvalue weighted by Crippen LogP contribution is 2.19. The maximum Gasteiger partial charge on any atom is 0.336 e. The Hall–Kier alpha value is -1.55. The van der Waals surface area contributed by atoms with Crippen molar-refractivity contribution in [2.24, 2.45) is 0 Å². The second kappa shape index (κ2) is 2.74. The predicted octanol–water partition coefficient (Wildman–Crippen LogP) is 1.91. The first-order chi connectivity index (χ1) is 6.18. The van der Waals surface area contributed by atoms with Gasteiger partial charge >= 0.3 is 5.97 Å². The summed E-state index contributed by atoms with van der Waals surface area (Å²) in [5.41, 5.74) is 0.654. The summed E-state index contributed by atoms with van der Waals surface area (Å²) < 4.78 is 0. The monoisotopic (exact) mass is 196 g/mol. The lowest BCUT2D eigenvalue weighted by Gasteiger charge is -1.97. The van der Waals surface area contributed by atoms with Gasteiger partial charge in [0.05, 0.1) is 5.56 Å². The SMILES string of the molecule is O=C(O)c1cc(Cl)nc2[nH]ccc12. The van der Waals surface area contributed by atoms with Gasteiger partial charge in [0.15, 0.2) is 0 Å². The highest BCUT2D eigenvalue weighted by molar-refractivity contribution is 6.30. The summed E-state index contributed by atoms with van der Waals surface area (Å²) >= 11 is 5.63. The zero-order valence-electron chi connectivity index (χ0n) is 6.41. The van der Waals surface area contributed by atoms with Gasteiger partial charge in [0, 0.05) is 11.6 Å². The number of fused-ring (bicyclic) bond motifs is 1. The number of rotatable bonds is 1. The van der Waals surface area contributed by atoms with E-state index in [1.807, 2.05) is 0 Å². The average Bonchev–Trinajstić information content (AvgIpc) is 2.49. The number of aromatic nitrogens is 2. The van der Waals surface area contributed by atoms with Crippen LogP contribution in [0.15, 0.2) is 18.3 Å². The Labute approximate surface area is 78.2 Å². The third-order valence-corrected chi connectivity index (χ3v) is 1.92. The van der Waals surface area contributed by atoms with Gasteiger partial charge in [-0.25, -0.2) is 9.78 Å². The fourth-order valence-electron chi connectivity index (χ4n) is 1.18. The van der Waals surface area contributed by atoms with Crippen LogP contribution in [0.3, 0.4) is 0 Å². The number of aromatic carboxylic acids is 1. The number of hydrogen-bond donors (Lipinski definition) is 2. The van der Waals surface area contributed by atoms with Gasteiger partial charge < -0.3 is 10.1 Å². The van der Waals surface area contributed by atoms with Crippen molar-refractivity contribution in [2.45, 2.75) is 0 Å². The highest BCUT2D eigenvalue weighted by atomic mass is 35.5. The first kappa shape index (κ1) is 8.07. The normalized spacial score (nSPS) is 10.5. The molecule has 0 atom stereocenters. The molecule has 0 aliphatic carbocycles. The van der Waals surface area contributed by atoms with Crippen molar-refractivity contribution in [1.82, 2.24) is 9.97 Å². The van der Waals surface area contributed by atoms with E-state index < -0.39 is 5.97 Å². The lowest BCUT2D eigenvalue weighted by Crippen LogP contribution is -1.97. The lowest BCUT2D eigenvalue weighted by molar-refractivity contribution is 0.0699. The van der Waals surface area contributed by atoms with Crippen LogP contribution in [0.5, 0.6) is 0 Å². The molecule has 13 heavy (non-hydrogen) atoms. The Morgan fingerprint density at radius 1 is 1.62 bits per heavy atom. The van der Waals surface area contributed by atoms with Crippen LogP contribution < -0.4 is 0 Å². The van der Waals surface area contributed by atoms with Crippen molar-refractivity contribution < 1.29 is 9.90 Å². The molecule has 0 aromatic carbocycles. The minimum absolute atomic E-state index is 0.163. The quantitative estimate of drug-likeness (QED) is 0.685. The van der Waals surface area contributed by atoms with E-state index in [-0.39, 0.29) is 10.7 Å². The molecule has 0 radical (unpaired) electrons. The number of halogens is 1. The van der Waals surface area contributed by atoms with E-state index in [9.17, 15) is 4.79 Å². The van der Waals surface area contributed by atoms with Gasteiger partial charge in [0.25, 0.3) is 0 Å². The van der Waals surface area contributed by atoms with Crippen LogP contribution in [-0.4, -0.2) is 21.0 Å². The van der Waals surface area contributed by atoms with Gasteiger partial charge in [-0.05, 0) is 12.1 Å². The second-order valence-electron chi connectivity index (χ2n) is 2.54. The largest absolute Gasteiger partial charge is 0.478 e. The summed E-state index contributed by atoms with van der Waals surface area (Å²) in [5.74, 6) is -1.01. The zero-order chi connectivity index (χ0) is 9.42. The van der Waals surface area contributed by atoms with Crippen molar-refractivity contribution in [3.8, 4) is 0 Å². The molecule has 0 spiro atoms. The van der Waals surface area contributed by atoms with Crippen LogP contribution >= 0.6 is 11.6 Å². The Balaban J connectivity index is 2.84. The number of nitrogens with zero attached hydrogens (tertiary/aromatic N) is 1. The van der Waals surface area contributed by atoms with Gasteiger partial charge in [-0.3, -0.25) is 0 Å². The molecule has 0 unspecified atom stereocenters. The molecule has 2 aromatic heterocycles. The molecule has 2 heterocycles. The van der Waals surface area contributed by atoms with Gasteiger partial charge in [-0.15, -0.1) is 0 Å². The second-order valence-corrected chi connectivity index (χ2v) is 2.92. The Kier molecular flexibility index (Phi) is 1.70. The van der Waals surface area contributed by atoms with Crippen molar-refractivity contribution in [2.75, 3.05) is 0 Å². The molecule has 4 nitrogen and oxygen atoms in total. The lowest BCUT2D eigenvalue weighted by atomic mass is 10.2. The van der Waals surface area contributed by atoms with E-state index in [0.717, 1.165) is 0 Å². The Bertz CT molecular complexity index is 478. The smallest absolute Gasteiger partial charge is 0.336 e. The van der Waals surface area contributed by atoms with Gasteiger partial charge in [-0.2, -0.15) is 0 Å². The number of H-pyrrole nitrogens is 1. The van der Waals surface area contributed by atoms with E-state index >= 15 is 0 Å². The highest BCUT2D eigenvalue weighted by Gasteiger charge is 2.11. The summed E-state index contributed by atoms with van der Waals surface area (Å²) in [6.45, 7) is 0. The number of nitrogens with one attached hydrogen (secondary N) is 1. The molecule has 2 rings (SSSR count). The molecular formula is C8H5ClN2O2. The number of carbonyl (C=O) groups is 1. The molecule has 5 heteroatoms. The molecule has 66 valence electrons. The van der Waals surface area contributed by atoms with Crippen molar-refractivity contribution in [3.05, 3.63) is 29.0 Å². The van der Waals surface area contributed by atoms with Crippen molar-refractivity contribution in [3.63, 3.8) is 0 Å². The molecule has 2 N–H and O–H groups in total. The number of carboxylic acids is 1. The summed E-state index contributed by atoms with van der Waals surface area (Å²) in [7, 11) is 0. The first-order valence-corrected chi connectivity index (χ1v) is 3.93. The minimum Gasteiger partial charge on any atom is -0.478 e. The summed E-state index contributed by atoms with van der Waals surface area (Å²) in [4.78, 5) is 17.5. The van der Waals surface area contributed by atoms with Crippen LogP contribution in [0.1, 0.15) is 10.4 Å². The van der Waals surface area contributed by atoms with E-state index in [4.69, 9.17) is 16.7 Å². The fourth-order valence-corrected chi connectivity index (χ4v) is 1.38. The maximum atomic E-state index is 10.8. The Morgan fingerprint density at radius 3 is 3.08 bits per heavy atom. The van der Waals surface area contributed by atoms with Crippen LogP contribution in [0.4, 0.5) is 0 Å². The summed E-state index contributed by atoms with van der Waals surface area (Å²) in [6.07, 6.45) is 1.63. The van der Waals surface area contributed by atoms with Gasteiger partial charge in [0.1, 0.15) is 10.8 Å². The Morgan fingerprint density at radius 2 is 2.38 bits per heavy atom. The van der Waals surface area contributed by atoms with Gasteiger partial charge in [-0.1, -0.05) is 11.6 Å². The van der Waals surface area contributed by atoms with Crippen LogP contribution in [0.25, 0.3) is 11.0 Å². The van der Waals surface area contributed by atoms with E-state index in [1.54, 1.807) is 12.3 Å². The minimum atomic E-state index is -1.01. The average molecular weight is 197 g/mol. The zero-order valence-corrected chi connectivity index (χ0v) is 7.17. The van der Waals surface area contributed by atoms with Gasteiger partial charge in [0.2, 0.25) is 0 Å². The molecule has 0 amide bonds. The number of carboxylic acid groups (broad SMARTS) is 1. The predicted molar refractivity (Wildman–Crippen MR) is 48.1 cm³/mol. The summed E-state index contributed by atoms with van der Waals surface area (Å²) in [5, 5.41) is 9.57.